The smallest absolute Gasteiger partial charge is 0.244 e. The largest absolute Gasteiger partial charge is 0.381 e. The predicted octanol–water partition coefficient (Wildman–Crippen LogP) is 1.29. The minimum Gasteiger partial charge on any atom is -0.381 e. The van der Waals surface area contributed by atoms with Crippen molar-refractivity contribution < 1.29 is 14.3 Å². The van der Waals surface area contributed by atoms with Crippen LogP contribution in [0.1, 0.15) is 38.5 Å². The zero-order chi connectivity index (χ0) is 17.9. The molecule has 2 saturated heterocycles. The second-order valence-corrected chi connectivity index (χ2v) is 7.70. The lowest BCUT2D eigenvalue weighted by atomic mass is 9.97. The van der Waals surface area contributed by atoms with Crippen molar-refractivity contribution >= 4 is 11.8 Å². The summed E-state index contributed by atoms with van der Waals surface area (Å²) < 4.78 is 7.16. The zero-order valence-corrected chi connectivity index (χ0v) is 15.3. The molecule has 3 heterocycles. The second-order valence-electron chi connectivity index (χ2n) is 7.70. The van der Waals surface area contributed by atoms with Crippen LogP contribution in [0, 0.1) is 5.92 Å². The molecule has 1 atom stereocenters. The Labute approximate surface area is 154 Å². The molecule has 26 heavy (non-hydrogen) atoms. The Kier molecular flexibility index (Phi) is 5.24. The summed E-state index contributed by atoms with van der Waals surface area (Å²) in [5.41, 5.74) is 0. The highest BCUT2D eigenvalue weighted by molar-refractivity contribution is 5.82. The number of nitrogens with zero attached hydrogens (tertiary/aromatic N) is 4. The van der Waals surface area contributed by atoms with E-state index in [0.29, 0.717) is 12.5 Å². The Morgan fingerprint density at radius 1 is 1.12 bits per heavy atom. The van der Waals surface area contributed by atoms with Crippen molar-refractivity contribution in [2.45, 2.75) is 57.2 Å². The van der Waals surface area contributed by atoms with Gasteiger partial charge in [0, 0.05) is 56.7 Å². The van der Waals surface area contributed by atoms with Gasteiger partial charge in [0.2, 0.25) is 11.8 Å². The topological polar surface area (TPSA) is 67.7 Å². The molecule has 3 aliphatic rings. The molecule has 2 aliphatic heterocycles. The molecule has 0 bridgehead atoms. The van der Waals surface area contributed by atoms with Crippen LogP contribution in [0.5, 0.6) is 0 Å². The average Bonchev–Trinajstić information content (AvgIpc) is 3.41. The first-order valence-corrected chi connectivity index (χ1v) is 9.87. The Morgan fingerprint density at radius 2 is 1.92 bits per heavy atom. The van der Waals surface area contributed by atoms with Gasteiger partial charge >= 0.3 is 0 Å². The summed E-state index contributed by atoms with van der Waals surface area (Å²) in [6.07, 6.45) is 9.30. The Hall–Kier alpha value is -1.89. The van der Waals surface area contributed by atoms with E-state index in [-0.39, 0.29) is 30.5 Å². The van der Waals surface area contributed by atoms with Gasteiger partial charge in [-0.15, -0.1) is 0 Å². The van der Waals surface area contributed by atoms with Gasteiger partial charge in [0.1, 0.15) is 6.54 Å². The molecule has 7 nitrogen and oxygen atoms in total. The van der Waals surface area contributed by atoms with Crippen LogP contribution in [0.15, 0.2) is 18.5 Å². The van der Waals surface area contributed by atoms with Gasteiger partial charge in [-0.1, -0.05) is 0 Å². The molecule has 3 fully saturated rings. The molecular formula is C19H28N4O3. The third-order valence-electron chi connectivity index (χ3n) is 5.76. The molecule has 142 valence electrons. The van der Waals surface area contributed by atoms with E-state index in [4.69, 9.17) is 4.74 Å². The molecular weight excluding hydrogens is 332 g/mol. The fourth-order valence-corrected chi connectivity index (χ4v) is 4.20. The number of ether oxygens (including phenoxy) is 1. The van der Waals surface area contributed by atoms with Crippen molar-refractivity contribution in [3.63, 3.8) is 0 Å². The fourth-order valence-electron chi connectivity index (χ4n) is 4.20. The number of carbonyl (C=O) groups is 2. The first-order valence-electron chi connectivity index (χ1n) is 9.87. The maximum absolute atomic E-state index is 13.0. The summed E-state index contributed by atoms with van der Waals surface area (Å²) in [6, 6.07) is 2.23. The van der Waals surface area contributed by atoms with Crippen LogP contribution < -0.4 is 0 Å². The zero-order valence-electron chi connectivity index (χ0n) is 15.3. The summed E-state index contributed by atoms with van der Waals surface area (Å²) in [5.74, 6) is 0.612. The molecule has 2 amide bonds. The minimum absolute atomic E-state index is 0.0872. The Balaban J connectivity index is 1.44. The number of hydrogen-bond acceptors (Lipinski definition) is 4. The SMILES string of the molecule is O=C(Cn1cccn1)N1CCCC(N(C(=O)C2CC2)C2CCOCC2)C1. The second kappa shape index (κ2) is 7.78. The molecule has 0 spiro atoms. The number of likely N-dealkylation sites (tertiary alicyclic amines) is 1. The molecule has 1 aliphatic carbocycles. The van der Waals surface area contributed by atoms with Gasteiger partial charge in [0.25, 0.3) is 0 Å². The summed E-state index contributed by atoms with van der Waals surface area (Å²) in [6.45, 7) is 3.15. The van der Waals surface area contributed by atoms with Crippen LogP contribution in [-0.2, 0) is 20.9 Å². The number of rotatable bonds is 5. The van der Waals surface area contributed by atoms with Crippen molar-refractivity contribution in [3.8, 4) is 0 Å². The van der Waals surface area contributed by atoms with Gasteiger partial charge in [-0.25, -0.2) is 0 Å². The van der Waals surface area contributed by atoms with E-state index in [1.165, 1.54) is 0 Å². The highest BCUT2D eigenvalue weighted by Gasteiger charge is 2.41. The Morgan fingerprint density at radius 3 is 2.62 bits per heavy atom. The van der Waals surface area contributed by atoms with E-state index in [0.717, 1.165) is 58.3 Å². The number of piperidine rings is 1. The molecule has 0 aromatic carbocycles. The van der Waals surface area contributed by atoms with Crippen molar-refractivity contribution in [1.29, 1.82) is 0 Å². The quantitative estimate of drug-likeness (QED) is 0.794. The summed E-state index contributed by atoms with van der Waals surface area (Å²) in [5, 5.41) is 4.13. The fraction of sp³-hybridized carbons (Fsp3) is 0.737. The number of aromatic nitrogens is 2. The number of amides is 2. The molecule has 7 heteroatoms. The molecule has 1 aromatic rings. The Bertz CT molecular complexity index is 623. The van der Waals surface area contributed by atoms with E-state index in [2.05, 4.69) is 10.00 Å². The van der Waals surface area contributed by atoms with Crippen molar-refractivity contribution in [3.05, 3.63) is 18.5 Å². The van der Waals surface area contributed by atoms with E-state index in [1.807, 2.05) is 17.2 Å². The van der Waals surface area contributed by atoms with E-state index in [1.54, 1.807) is 10.9 Å². The monoisotopic (exact) mass is 360 g/mol. The lowest BCUT2D eigenvalue weighted by molar-refractivity contribution is -0.145. The first-order chi connectivity index (χ1) is 12.7. The van der Waals surface area contributed by atoms with Gasteiger partial charge in [-0.2, -0.15) is 5.10 Å². The third-order valence-corrected chi connectivity index (χ3v) is 5.76. The lowest BCUT2D eigenvalue weighted by Crippen LogP contribution is -2.56. The van der Waals surface area contributed by atoms with Crippen LogP contribution in [0.3, 0.4) is 0 Å². The molecule has 1 aromatic heterocycles. The molecule has 1 unspecified atom stereocenters. The number of hydrogen-bond donors (Lipinski definition) is 0. The van der Waals surface area contributed by atoms with Crippen LogP contribution in [0.2, 0.25) is 0 Å². The number of carbonyl (C=O) groups excluding carboxylic acids is 2. The lowest BCUT2D eigenvalue weighted by Gasteiger charge is -2.44. The van der Waals surface area contributed by atoms with Gasteiger partial charge < -0.3 is 14.5 Å². The standard InChI is InChI=1S/C19H28N4O3/c24-18(14-22-10-2-8-20-22)21-9-1-3-17(13-21)23(19(25)15-4-5-15)16-6-11-26-12-7-16/h2,8,10,15-17H,1,3-7,9,11-14H2. The van der Waals surface area contributed by atoms with Crippen LogP contribution in [-0.4, -0.2) is 69.8 Å². The maximum Gasteiger partial charge on any atom is 0.244 e. The minimum atomic E-state index is 0.0872. The van der Waals surface area contributed by atoms with Gasteiger partial charge in [-0.3, -0.25) is 14.3 Å². The molecule has 4 rings (SSSR count). The van der Waals surface area contributed by atoms with Gasteiger partial charge in [-0.05, 0) is 44.6 Å². The highest BCUT2D eigenvalue weighted by atomic mass is 16.5. The first kappa shape index (κ1) is 17.5. The normalized spacial score (nSPS) is 24.5. The average molecular weight is 360 g/mol. The summed E-state index contributed by atoms with van der Waals surface area (Å²) in [4.78, 5) is 29.7. The molecule has 1 saturated carbocycles. The van der Waals surface area contributed by atoms with Gasteiger partial charge in [0.05, 0.1) is 0 Å². The van der Waals surface area contributed by atoms with E-state index >= 15 is 0 Å². The maximum atomic E-state index is 13.0. The van der Waals surface area contributed by atoms with Gasteiger partial charge in [0.15, 0.2) is 0 Å². The molecule has 0 N–H and O–H groups in total. The predicted molar refractivity (Wildman–Crippen MR) is 95.2 cm³/mol. The van der Waals surface area contributed by atoms with Crippen molar-refractivity contribution in [2.75, 3.05) is 26.3 Å². The molecule has 0 radical (unpaired) electrons. The van der Waals surface area contributed by atoms with Crippen molar-refractivity contribution in [1.82, 2.24) is 19.6 Å². The third kappa shape index (κ3) is 3.92. The summed E-state index contributed by atoms with van der Waals surface area (Å²) >= 11 is 0. The van der Waals surface area contributed by atoms with Crippen LogP contribution in [0.25, 0.3) is 0 Å². The summed E-state index contributed by atoms with van der Waals surface area (Å²) in [7, 11) is 0. The highest BCUT2D eigenvalue weighted by Crippen LogP contribution is 2.35. The van der Waals surface area contributed by atoms with Crippen LogP contribution >= 0.6 is 0 Å². The van der Waals surface area contributed by atoms with Crippen LogP contribution in [0.4, 0.5) is 0 Å². The van der Waals surface area contributed by atoms with E-state index < -0.39 is 0 Å². The van der Waals surface area contributed by atoms with Crippen molar-refractivity contribution in [2.24, 2.45) is 5.92 Å². The van der Waals surface area contributed by atoms with E-state index in [9.17, 15) is 9.59 Å².